The Morgan fingerprint density at radius 3 is 2.24 bits per heavy atom. The number of carbonyl (C=O) groups excluding carboxylic acids is 3. The molecular weight excluding hydrogens is 458 g/mol. The Hall–Kier alpha value is -3.16. The molecule has 1 atom stereocenters. The van der Waals surface area contributed by atoms with Crippen LogP contribution in [0.3, 0.4) is 0 Å². The van der Waals surface area contributed by atoms with Crippen molar-refractivity contribution >= 4 is 46.3 Å². The second kappa shape index (κ2) is 10.6. The van der Waals surface area contributed by atoms with Crippen LogP contribution in [0.4, 0.5) is 5.69 Å². The number of carbonyl (C=O) groups is 3. The molecule has 1 heterocycles. The van der Waals surface area contributed by atoms with E-state index < -0.39 is 17.5 Å². The third-order valence-electron chi connectivity index (χ3n) is 4.65. The quantitative estimate of drug-likeness (QED) is 0.505. The predicted octanol–water partition coefficient (Wildman–Crippen LogP) is 4.82. The van der Waals surface area contributed by atoms with Gasteiger partial charge in [0, 0.05) is 5.54 Å². The van der Waals surface area contributed by atoms with Gasteiger partial charge in [-0.25, -0.2) is 0 Å². The third-order valence-corrected chi connectivity index (χ3v) is 5.83. The fourth-order valence-electron chi connectivity index (χ4n) is 3.29. The first kappa shape index (κ1) is 24.5. The first-order valence-corrected chi connectivity index (χ1v) is 11.7. The lowest BCUT2D eigenvalue weighted by Crippen LogP contribution is -2.51. The number of nitrogens with one attached hydrogen (secondary N) is 2. The number of thiophene rings is 1. The van der Waals surface area contributed by atoms with Gasteiger partial charge in [0.05, 0.1) is 22.1 Å². The largest absolute Gasteiger partial charge is 0.349 e. The van der Waals surface area contributed by atoms with Crippen LogP contribution < -0.4 is 15.5 Å². The van der Waals surface area contributed by atoms with Crippen LogP contribution in [-0.2, 0) is 9.59 Å². The Balaban J connectivity index is 2.01. The number of halogens is 1. The summed E-state index contributed by atoms with van der Waals surface area (Å²) in [5, 5.41) is 7.73. The topological polar surface area (TPSA) is 78.5 Å². The number of amides is 3. The summed E-state index contributed by atoms with van der Waals surface area (Å²) in [6.45, 7) is 5.32. The number of benzene rings is 2. The molecule has 0 fully saturated rings. The average molecular weight is 484 g/mol. The van der Waals surface area contributed by atoms with E-state index in [1.807, 2.05) is 26.8 Å². The zero-order chi connectivity index (χ0) is 24.0. The van der Waals surface area contributed by atoms with Crippen LogP contribution in [0.15, 0.2) is 72.1 Å². The van der Waals surface area contributed by atoms with Crippen molar-refractivity contribution in [1.82, 2.24) is 10.6 Å². The van der Waals surface area contributed by atoms with E-state index in [0.717, 1.165) is 0 Å². The third kappa shape index (κ3) is 6.43. The van der Waals surface area contributed by atoms with Crippen LogP contribution in [0, 0.1) is 0 Å². The van der Waals surface area contributed by atoms with Gasteiger partial charge in [-0.3, -0.25) is 19.3 Å². The molecule has 2 N–H and O–H groups in total. The second-order valence-corrected chi connectivity index (χ2v) is 9.78. The molecule has 172 valence electrons. The normalized spacial score (nSPS) is 12.0. The van der Waals surface area contributed by atoms with E-state index in [4.69, 9.17) is 11.6 Å². The van der Waals surface area contributed by atoms with Gasteiger partial charge in [0.2, 0.25) is 11.8 Å². The van der Waals surface area contributed by atoms with Gasteiger partial charge in [0.25, 0.3) is 5.91 Å². The minimum absolute atomic E-state index is 0.298. The Morgan fingerprint density at radius 2 is 1.64 bits per heavy atom. The number of nitrogens with zero attached hydrogens (tertiary/aromatic N) is 1. The summed E-state index contributed by atoms with van der Waals surface area (Å²) in [6, 6.07) is 18.3. The summed E-state index contributed by atoms with van der Waals surface area (Å²) in [6.07, 6.45) is 0. The van der Waals surface area contributed by atoms with E-state index in [2.05, 4.69) is 10.6 Å². The van der Waals surface area contributed by atoms with E-state index in [1.165, 1.54) is 16.2 Å². The molecule has 6 nitrogen and oxygen atoms in total. The summed E-state index contributed by atoms with van der Waals surface area (Å²) >= 11 is 7.75. The molecule has 8 heteroatoms. The summed E-state index contributed by atoms with van der Waals surface area (Å²) in [4.78, 5) is 41.3. The van der Waals surface area contributed by atoms with Gasteiger partial charge in [-0.15, -0.1) is 11.3 Å². The highest BCUT2D eigenvalue weighted by molar-refractivity contribution is 7.12. The highest BCUT2D eigenvalue weighted by Crippen LogP contribution is 2.33. The molecule has 0 spiro atoms. The monoisotopic (exact) mass is 483 g/mol. The Bertz CT molecular complexity index is 1110. The van der Waals surface area contributed by atoms with Crippen molar-refractivity contribution in [2.24, 2.45) is 0 Å². The SMILES string of the molecule is CC(C)(C)NC(=O)[C@H](c1ccccc1)N(C(=O)CNC(=O)c1cccs1)c1ccccc1Cl. The number of hydrogen-bond donors (Lipinski definition) is 2. The molecule has 0 aliphatic carbocycles. The zero-order valence-electron chi connectivity index (χ0n) is 18.7. The van der Waals surface area contributed by atoms with Gasteiger partial charge in [-0.2, -0.15) is 0 Å². The molecule has 3 rings (SSSR count). The maximum atomic E-state index is 13.5. The first-order valence-electron chi connectivity index (χ1n) is 10.4. The van der Waals surface area contributed by atoms with Crippen molar-refractivity contribution in [2.45, 2.75) is 32.4 Å². The predicted molar refractivity (Wildman–Crippen MR) is 133 cm³/mol. The van der Waals surface area contributed by atoms with Crippen LogP contribution in [0.25, 0.3) is 0 Å². The van der Waals surface area contributed by atoms with Crippen LogP contribution in [0.5, 0.6) is 0 Å². The maximum absolute atomic E-state index is 13.5. The maximum Gasteiger partial charge on any atom is 0.261 e. The minimum atomic E-state index is -0.989. The average Bonchev–Trinajstić information content (AvgIpc) is 3.30. The minimum Gasteiger partial charge on any atom is -0.349 e. The van der Waals surface area contributed by atoms with Gasteiger partial charge in [0.1, 0.15) is 6.04 Å². The molecule has 0 unspecified atom stereocenters. The Morgan fingerprint density at radius 1 is 0.970 bits per heavy atom. The molecule has 1 aromatic heterocycles. The summed E-state index contributed by atoms with van der Waals surface area (Å²) in [5.41, 5.74) is 0.483. The molecular formula is C25H26ClN3O3S. The number of para-hydroxylation sites is 1. The highest BCUT2D eigenvalue weighted by atomic mass is 35.5. The van der Waals surface area contributed by atoms with Crippen LogP contribution in [0.1, 0.15) is 42.0 Å². The lowest BCUT2D eigenvalue weighted by atomic mass is 10.0. The van der Waals surface area contributed by atoms with Gasteiger partial charge in [0.15, 0.2) is 0 Å². The molecule has 0 aliphatic rings. The Labute approximate surface area is 202 Å². The summed E-state index contributed by atoms with van der Waals surface area (Å²) in [7, 11) is 0. The smallest absolute Gasteiger partial charge is 0.261 e. The molecule has 33 heavy (non-hydrogen) atoms. The van der Waals surface area contributed by atoms with E-state index in [1.54, 1.807) is 66.0 Å². The lowest BCUT2D eigenvalue weighted by Gasteiger charge is -2.34. The summed E-state index contributed by atoms with van der Waals surface area (Å²) in [5.74, 6) is -1.18. The van der Waals surface area contributed by atoms with Crippen molar-refractivity contribution in [2.75, 3.05) is 11.4 Å². The molecule has 0 saturated carbocycles. The molecule has 3 amide bonds. The van der Waals surface area contributed by atoms with Gasteiger partial charge >= 0.3 is 0 Å². The summed E-state index contributed by atoms with van der Waals surface area (Å²) < 4.78 is 0. The van der Waals surface area contributed by atoms with Crippen LogP contribution in [-0.4, -0.2) is 29.8 Å². The van der Waals surface area contributed by atoms with Gasteiger partial charge in [-0.05, 0) is 49.9 Å². The molecule has 2 aromatic carbocycles. The number of rotatable bonds is 7. The molecule has 3 aromatic rings. The standard InChI is InChI=1S/C25H26ClN3O3S/c1-25(2,3)28-24(32)22(17-10-5-4-6-11-17)29(19-13-8-7-12-18(19)26)21(30)16-27-23(31)20-14-9-15-33-20/h4-15,22H,16H2,1-3H3,(H,27,31)(H,28,32)/t22-/m0/s1. The van der Waals surface area contributed by atoms with Gasteiger partial charge < -0.3 is 10.6 Å². The molecule has 0 bridgehead atoms. The van der Waals surface area contributed by atoms with Crippen molar-refractivity contribution < 1.29 is 14.4 Å². The van der Waals surface area contributed by atoms with E-state index in [-0.39, 0.29) is 18.4 Å². The highest BCUT2D eigenvalue weighted by Gasteiger charge is 2.35. The molecule has 0 saturated heterocycles. The Kier molecular flexibility index (Phi) is 7.89. The fourth-order valence-corrected chi connectivity index (χ4v) is 4.16. The number of hydrogen-bond acceptors (Lipinski definition) is 4. The van der Waals surface area contributed by atoms with Crippen molar-refractivity contribution in [3.8, 4) is 0 Å². The van der Waals surface area contributed by atoms with Crippen LogP contribution in [0.2, 0.25) is 5.02 Å². The van der Waals surface area contributed by atoms with E-state index >= 15 is 0 Å². The van der Waals surface area contributed by atoms with Crippen molar-refractivity contribution in [1.29, 1.82) is 0 Å². The van der Waals surface area contributed by atoms with Crippen LogP contribution >= 0.6 is 22.9 Å². The molecule has 0 aliphatic heterocycles. The first-order chi connectivity index (χ1) is 15.7. The number of anilines is 1. The molecule has 0 radical (unpaired) electrons. The van der Waals surface area contributed by atoms with Crippen molar-refractivity contribution in [3.05, 3.63) is 87.6 Å². The fraction of sp³-hybridized carbons (Fsp3) is 0.240. The van der Waals surface area contributed by atoms with Gasteiger partial charge in [-0.1, -0.05) is 60.1 Å². The van der Waals surface area contributed by atoms with E-state index in [0.29, 0.717) is 21.2 Å². The zero-order valence-corrected chi connectivity index (χ0v) is 20.2. The lowest BCUT2D eigenvalue weighted by molar-refractivity contribution is -0.127. The second-order valence-electron chi connectivity index (χ2n) is 8.43. The van der Waals surface area contributed by atoms with Crippen molar-refractivity contribution in [3.63, 3.8) is 0 Å². The van der Waals surface area contributed by atoms with E-state index in [9.17, 15) is 14.4 Å².